The number of hydrogen-bond donors (Lipinski definition) is 1. The molecule has 0 spiro atoms. The van der Waals surface area contributed by atoms with Crippen molar-refractivity contribution < 1.29 is 4.79 Å². The topological polar surface area (TPSA) is 32.3 Å². The van der Waals surface area contributed by atoms with Crippen molar-refractivity contribution in [3.63, 3.8) is 0 Å². The van der Waals surface area contributed by atoms with Crippen molar-refractivity contribution in [3.8, 4) is 0 Å². The van der Waals surface area contributed by atoms with E-state index in [1.165, 1.54) is 6.42 Å². The van der Waals surface area contributed by atoms with Gasteiger partial charge in [-0.15, -0.1) is 12.4 Å². The van der Waals surface area contributed by atoms with E-state index in [0.29, 0.717) is 17.6 Å². The first-order valence-corrected chi connectivity index (χ1v) is 6.86. The molecule has 0 saturated carbocycles. The fraction of sp³-hybridized carbons (Fsp3) is 0.909. The molecule has 1 atom stereocenters. The summed E-state index contributed by atoms with van der Waals surface area (Å²) >= 11 is 2.01. The SMILES string of the molecule is CCC1CN(C(=O)CCCNC)CCS1.Cl. The molecular weight excluding hydrogens is 244 g/mol. The number of rotatable bonds is 5. The van der Waals surface area contributed by atoms with Gasteiger partial charge in [0.05, 0.1) is 0 Å². The van der Waals surface area contributed by atoms with Gasteiger partial charge < -0.3 is 10.2 Å². The molecule has 1 unspecified atom stereocenters. The minimum atomic E-state index is 0. The summed E-state index contributed by atoms with van der Waals surface area (Å²) in [5.41, 5.74) is 0. The number of carbonyl (C=O) groups excluding carboxylic acids is 1. The molecule has 0 bridgehead atoms. The van der Waals surface area contributed by atoms with E-state index in [0.717, 1.165) is 31.8 Å². The lowest BCUT2D eigenvalue weighted by atomic mass is 10.2. The molecule has 0 aromatic rings. The smallest absolute Gasteiger partial charge is 0.222 e. The number of thioether (sulfide) groups is 1. The van der Waals surface area contributed by atoms with E-state index < -0.39 is 0 Å². The fourth-order valence-corrected chi connectivity index (χ4v) is 2.95. The monoisotopic (exact) mass is 266 g/mol. The Hall–Kier alpha value is 0.0700. The van der Waals surface area contributed by atoms with Crippen molar-refractivity contribution >= 4 is 30.1 Å². The molecule has 0 aromatic heterocycles. The molecule has 0 aliphatic carbocycles. The Labute approximate surface area is 109 Å². The molecular formula is C11H23ClN2OS. The zero-order valence-electron chi connectivity index (χ0n) is 10.2. The van der Waals surface area contributed by atoms with Crippen molar-refractivity contribution in [2.24, 2.45) is 0 Å². The van der Waals surface area contributed by atoms with E-state index in [-0.39, 0.29) is 12.4 Å². The van der Waals surface area contributed by atoms with Crippen LogP contribution in [0.5, 0.6) is 0 Å². The number of carbonyl (C=O) groups is 1. The van der Waals surface area contributed by atoms with Gasteiger partial charge in [-0.05, 0) is 26.4 Å². The highest BCUT2D eigenvalue weighted by Crippen LogP contribution is 2.21. The minimum Gasteiger partial charge on any atom is -0.341 e. The Balaban J connectivity index is 0.00000225. The van der Waals surface area contributed by atoms with Crippen LogP contribution in [0.25, 0.3) is 0 Å². The maximum atomic E-state index is 11.8. The lowest BCUT2D eigenvalue weighted by Gasteiger charge is -2.32. The molecule has 1 N–H and O–H groups in total. The summed E-state index contributed by atoms with van der Waals surface area (Å²) in [4.78, 5) is 13.9. The first-order valence-electron chi connectivity index (χ1n) is 5.82. The van der Waals surface area contributed by atoms with Crippen molar-refractivity contribution in [2.75, 3.05) is 32.4 Å². The Bertz CT molecular complexity index is 204. The van der Waals surface area contributed by atoms with Crippen LogP contribution in [0, 0.1) is 0 Å². The predicted octanol–water partition coefficient (Wildman–Crippen LogP) is 1.76. The molecule has 16 heavy (non-hydrogen) atoms. The van der Waals surface area contributed by atoms with Crippen LogP contribution in [-0.2, 0) is 4.79 Å². The van der Waals surface area contributed by atoms with Crippen molar-refractivity contribution in [1.29, 1.82) is 0 Å². The van der Waals surface area contributed by atoms with Gasteiger partial charge in [-0.1, -0.05) is 6.92 Å². The van der Waals surface area contributed by atoms with E-state index in [1.807, 2.05) is 23.7 Å². The van der Waals surface area contributed by atoms with Gasteiger partial charge in [-0.25, -0.2) is 0 Å². The molecule has 1 saturated heterocycles. The van der Waals surface area contributed by atoms with Crippen LogP contribution in [0.1, 0.15) is 26.2 Å². The Morgan fingerprint density at radius 3 is 2.94 bits per heavy atom. The molecule has 1 aliphatic rings. The quantitative estimate of drug-likeness (QED) is 0.770. The molecule has 1 amide bonds. The van der Waals surface area contributed by atoms with Gasteiger partial charge in [0.15, 0.2) is 0 Å². The predicted molar refractivity (Wildman–Crippen MR) is 73.5 cm³/mol. The summed E-state index contributed by atoms with van der Waals surface area (Å²) in [6.07, 6.45) is 2.82. The molecule has 1 rings (SSSR count). The van der Waals surface area contributed by atoms with Crippen LogP contribution in [0.2, 0.25) is 0 Å². The van der Waals surface area contributed by atoms with Gasteiger partial charge in [0.2, 0.25) is 5.91 Å². The molecule has 1 fully saturated rings. The highest BCUT2D eigenvalue weighted by atomic mass is 35.5. The first-order chi connectivity index (χ1) is 7.27. The van der Waals surface area contributed by atoms with E-state index in [9.17, 15) is 4.79 Å². The minimum absolute atomic E-state index is 0. The second-order valence-electron chi connectivity index (χ2n) is 3.95. The van der Waals surface area contributed by atoms with Crippen LogP contribution >= 0.6 is 24.2 Å². The highest BCUT2D eigenvalue weighted by Gasteiger charge is 2.22. The summed E-state index contributed by atoms with van der Waals surface area (Å²) in [5.74, 6) is 1.44. The summed E-state index contributed by atoms with van der Waals surface area (Å²) in [6, 6.07) is 0. The van der Waals surface area contributed by atoms with Crippen molar-refractivity contribution in [1.82, 2.24) is 10.2 Å². The van der Waals surface area contributed by atoms with Crippen LogP contribution in [-0.4, -0.2) is 48.5 Å². The summed E-state index contributed by atoms with van der Waals surface area (Å²) < 4.78 is 0. The third kappa shape index (κ3) is 5.41. The average Bonchev–Trinajstić information content (AvgIpc) is 2.29. The average molecular weight is 267 g/mol. The molecule has 3 nitrogen and oxygen atoms in total. The Morgan fingerprint density at radius 2 is 2.31 bits per heavy atom. The molecule has 1 aliphatic heterocycles. The van der Waals surface area contributed by atoms with Crippen LogP contribution < -0.4 is 5.32 Å². The van der Waals surface area contributed by atoms with Crippen LogP contribution in [0.15, 0.2) is 0 Å². The van der Waals surface area contributed by atoms with E-state index in [2.05, 4.69) is 12.2 Å². The third-order valence-electron chi connectivity index (χ3n) is 2.76. The standard InChI is InChI=1S/C11H22N2OS.ClH/c1-3-10-9-13(7-8-15-10)11(14)5-4-6-12-2;/h10,12H,3-9H2,1-2H3;1H. The van der Waals surface area contributed by atoms with Gasteiger partial charge >= 0.3 is 0 Å². The largest absolute Gasteiger partial charge is 0.341 e. The van der Waals surface area contributed by atoms with Gasteiger partial charge in [0.1, 0.15) is 0 Å². The zero-order valence-corrected chi connectivity index (χ0v) is 11.8. The van der Waals surface area contributed by atoms with E-state index >= 15 is 0 Å². The molecule has 5 heteroatoms. The number of amides is 1. The van der Waals surface area contributed by atoms with Gasteiger partial charge in [0.25, 0.3) is 0 Å². The number of halogens is 1. The number of nitrogens with zero attached hydrogens (tertiary/aromatic N) is 1. The third-order valence-corrected chi connectivity index (χ3v) is 4.14. The normalized spacial score (nSPS) is 20.4. The zero-order chi connectivity index (χ0) is 11.1. The lowest BCUT2D eigenvalue weighted by Crippen LogP contribution is -2.41. The summed E-state index contributed by atoms with van der Waals surface area (Å²) in [7, 11) is 1.93. The van der Waals surface area contributed by atoms with E-state index in [1.54, 1.807) is 0 Å². The van der Waals surface area contributed by atoms with Crippen molar-refractivity contribution in [3.05, 3.63) is 0 Å². The highest BCUT2D eigenvalue weighted by molar-refractivity contribution is 8.00. The summed E-state index contributed by atoms with van der Waals surface area (Å²) in [5, 5.41) is 3.73. The van der Waals surface area contributed by atoms with Crippen molar-refractivity contribution in [2.45, 2.75) is 31.4 Å². The second-order valence-corrected chi connectivity index (χ2v) is 5.36. The number of hydrogen-bond acceptors (Lipinski definition) is 3. The van der Waals surface area contributed by atoms with Gasteiger partial charge in [0, 0.05) is 30.5 Å². The van der Waals surface area contributed by atoms with E-state index in [4.69, 9.17) is 0 Å². The fourth-order valence-electron chi connectivity index (χ4n) is 1.77. The molecule has 96 valence electrons. The maximum absolute atomic E-state index is 11.8. The maximum Gasteiger partial charge on any atom is 0.222 e. The first kappa shape index (κ1) is 16.1. The molecule has 1 heterocycles. The molecule has 0 aromatic carbocycles. The van der Waals surface area contributed by atoms with Gasteiger partial charge in [-0.3, -0.25) is 4.79 Å². The Kier molecular flexibility index (Phi) is 9.18. The second kappa shape index (κ2) is 9.14. The lowest BCUT2D eigenvalue weighted by molar-refractivity contribution is -0.131. The van der Waals surface area contributed by atoms with Crippen LogP contribution in [0.4, 0.5) is 0 Å². The Morgan fingerprint density at radius 1 is 1.56 bits per heavy atom. The number of nitrogens with one attached hydrogen (secondary N) is 1. The van der Waals surface area contributed by atoms with Gasteiger partial charge in [-0.2, -0.15) is 11.8 Å². The summed E-state index contributed by atoms with van der Waals surface area (Å²) in [6.45, 7) is 5.04. The van der Waals surface area contributed by atoms with Crippen LogP contribution in [0.3, 0.4) is 0 Å². The molecule has 0 radical (unpaired) electrons.